The molecule has 0 aliphatic heterocycles. The molecule has 1 aromatic heterocycles. The van der Waals surface area contributed by atoms with Crippen LogP contribution in [0.2, 0.25) is 0 Å². The molecule has 3 amide bonds. The highest BCUT2D eigenvalue weighted by Crippen LogP contribution is 2.30. The van der Waals surface area contributed by atoms with Crippen molar-refractivity contribution in [3.05, 3.63) is 76.0 Å². The Morgan fingerprint density at radius 1 is 0.971 bits per heavy atom. The van der Waals surface area contributed by atoms with Gasteiger partial charge in [0.25, 0.3) is 0 Å². The number of anilines is 1. The number of hydrogen-bond acceptors (Lipinski definition) is 5. The Bertz CT molecular complexity index is 1140. The molecule has 1 N–H and O–H groups in total. The molecule has 184 valence electrons. The number of nitrogens with zero attached hydrogens (tertiary/aromatic N) is 2. The van der Waals surface area contributed by atoms with E-state index in [0.29, 0.717) is 30.3 Å². The standard InChI is InChI=1S/C27H31N3O4S/c1-19-9-12-25(35-19)17-29(16-20-7-5-4-6-8-20)26(31)18-30(22-10-11-22)27(32)28-21-13-23(33-2)15-24(14-21)34-3/h4-9,12-15,22H,10-11,16-18H2,1-3H3,(H,28,32). The minimum Gasteiger partial charge on any atom is -0.497 e. The SMILES string of the molecule is COc1cc(NC(=O)N(CC(=O)N(Cc2ccccc2)Cc2ccc(C)s2)C2CC2)cc(OC)c1. The fourth-order valence-electron chi connectivity index (χ4n) is 3.87. The highest BCUT2D eigenvalue weighted by atomic mass is 32.1. The number of carbonyl (C=O) groups is 2. The van der Waals surface area contributed by atoms with Gasteiger partial charge in [-0.05, 0) is 37.5 Å². The first-order valence-electron chi connectivity index (χ1n) is 11.6. The smallest absolute Gasteiger partial charge is 0.322 e. The Hall–Kier alpha value is -3.52. The third-order valence-electron chi connectivity index (χ3n) is 5.87. The molecule has 0 radical (unpaired) electrons. The monoisotopic (exact) mass is 493 g/mol. The van der Waals surface area contributed by atoms with Gasteiger partial charge in [0.2, 0.25) is 5.91 Å². The van der Waals surface area contributed by atoms with E-state index in [1.807, 2.05) is 35.2 Å². The summed E-state index contributed by atoms with van der Waals surface area (Å²) in [7, 11) is 3.12. The number of benzene rings is 2. The molecule has 0 saturated heterocycles. The van der Waals surface area contributed by atoms with E-state index in [4.69, 9.17) is 9.47 Å². The van der Waals surface area contributed by atoms with Gasteiger partial charge in [0, 0.05) is 46.2 Å². The molecule has 1 aliphatic carbocycles. The molecule has 1 heterocycles. The van der Waals surface area contributed by atoms with Gasteiger partial charge in [-0.2, -0.15) is 0 Å². The van der Waals surface area contributed by atoms with Gasteiger partial charge in [-0.3, -0.25) is 4.79 Å². The first kappa shape index (κ1) is 24.6. The topological polar surface area (TPSA) is 71.1 Å². The van der Waals surface area contributed by atoms with Gasteiger partial charge in [-0.15, -0.1) is 11.3 Å². The number of aryl methyl sites for hydroxylation is 1. The number of rotatable bonds is 10. The van der Waals surface area contributed by atoms with Gasteiger partial charge in [0.1, 0.15) is 18.0 Å². The van der Waals surface area contributed by atoms with Crippen LogP contribution in [0.1, 0.15) is 28.2 Å². The highest BCUT2D eigenvalue weighted by molar-refractivity contribution is 7.11. The van der Waals surface area contributed by atoms with Gasteiger partial charge in [-0.25, -0.2) is 4.79 Å². The molecule has 0 spiro atoms. The molecule has 0 atom stereocenters. The summed E-state index contributed by atoms with van der Waals surface area (Å²) in [4.78, 5) is 32.6. The van der Waals surface area contributed by atoms with Crippen molar-refractivity contribution in [2.75, 3.05) is 26.1 Å². The second-order valence-corrected chi connectivity index (χ2v) is 10.0. The lowest BCUT2D eigenvalue weighted by atomic mass is 10.2. The lowest BCUT2D eigenvalue weighted by Gasteiger charge is -2.28. The Morgan fingerprint density at radius 3 is 2.23 bits per heavy atom. The van der Waals surface area contributed by atoms with Crippen LogP contribution in [-0.2, 0) is 17.9 Å². The zero-order valence-corrected chi connectivity index (χ0v) is 21.1. The molecule has 2 aromatic carbocycles. The first-order valence-corrected chi connectivity index (χ1v) is 12.4. The van der Waals surface area contributed by atoms with Gasteiger partial charge >= 0.3 is 6.03 Å². The fourth-order valence-corrected chi connectivity index (χ4v) is 4.77. The predicted octanol–water partition coefficient (Wildman–Crippen LogP) is 5.30. The number of ether oxygens (including phenoxy) is 2. The number of urea groups is 1. The average molecular weight is 494 g/mol. The Morgan fingerprint density at radius 2 is 1.66 bits per heavy atom. The fraction of sp³-hybridized carbons (Fsp3) is 0.333. The zero-order chi connectivity index (χ0) is 24.8. The maximum atomic E-state index is 13.5. The van der Waals surface area contributed by atoms with E-state index in [2.05, 4.69) is 24.4 Å². The number of thiophene rings is 1. The van der Waals surface area contributed by atoms with Crippen LogP contribution in [0.3, 0.4) is 0 Å². The molecule has 1 saturated carbocycles. The molecule has 3 aromatic rings. The molecule has 0 bridgehead atoms. The Kier molecular flexibility index (Phi) is 7.92. The first-order chi connectivity index (χ1) is 16.9. The van der Waals surface area contributed by atoms with Crippen molar-refractivity contribution in [3.63, 3.8) is 0 Å². The quantitative estimate of drug-likeness (QED) is 0.416. The van der Waals surface area contributed by atoms with E-state index < -0.39 is 0 Å². The molecule has 4 rings (SSSR count). The van der Waals surface area contributed by atoms with Gasteiger partial charge in [-0.1, -0.05) is 30.3 Å². The lowest BCUT2D eigenvalue weighted by molar-refractivity contribution is -0.133. The van der Waals surface area contributed by atoms with Crippen LogP contribution in [0.25, 0.3) is 0 Å². The van der Waals surface area contributed by atoms with E-state index in [9.17, 15) is 9.59 Å². The second kappa shape index (κ2) is 11.3. The van der Waals surface area contributed by atoms with E-state index in [0.717, 1.165) is 23.3 Å². The van der Waals surface area contributed by atoms with Crippen molar-refractivity contribution >= 4 is 29.0 Å². The lowest BCUT2D eigenvalue weighted by Crippen LogP contribution is -2.45. The molecule has 35 heavy (non-hydrogen) atoms. The number of amides is 3. The van der Waals surface area contributed by atoms with Gasteiger partial charge in [0.05, 0.1) is 20.8 Å². The summed E-state index contributed by atoms with van der Waals surface area (Å²) in [6, 6.07) is 19.0. The summed E-state index contributed by atoms with van der Waals surface area (Å²) in [5, 5.41) is 2.92. The third kappa shape index (κ3) is 6.76. The molecular formula is C27H31N3O4S. The van der Waals surface area contributed by atoms with Crippen LogP contribution < -0.4 is 14.8 Å². The summed E-state index contributed by atoms with van der Waals surface area (Å²) in [6.07, 6.45) is 1.79. The molecule has 1 fully saturated rings. The minimum atomic E-state index is -0.303. The largest absolute Gasteiger partial charge is 0.497 e. The van der Waals surface area contributed by atoms with Crippen molar-refractivity contribution in [2.45, 2.75) is 38.9 Å². The normalized spacial score (nSPS) is 12.7. The minimum absolute atomic E-state index is 0.0226. The zero-order valence-electron chi connectivity index (χ0n) is 20.3. The van der Waals surface area contributed by atoms with Crippen molar-refractivity contribution < 1.29 is 19.1 Å². The summed E-state index contributed by atoms with van der Waals surface area (Å²) < 4.78 is 10.6. The maximum Gasteiger partial charge on any atom is 0.322 e. The number of nitrogens with one attached hydrogen (secondary N) is 1. The van der Waals surface area contributed by atoms with Gasteiger partial charge in [0.15, 0.2) is 0 Å². The highest BCUT2D eigenvalue weighted by Gasteiger charge is 2.35. The van der Waals surface area contributed by atoms with Crippen LogP contribution in [0, 0.1) is 6.92 Å². The number of hydrogen-bond donors (Lipinski definition) is 1. The second-order valence-electron chi connectivity index (χ2n) is 8.64. The molecule has 8 heteroatoms. The summed E-state index contributed by atoms with van der Waals surface area (Å²) in [5.74, 6) is 1.08. The summed E-state index contributed by atoms with van der Waals surface area (Å²) in [6.45, 7) is 3.09. The predicted molar refractivity (Wildman–Crippen MR) is 138 cm³/mol. The van der Waals surface area contributed by atoms with Crippen LogP contribution in [0.5, 0.6) is 11.5 Å². The van der Waals surface area contributed by atoms with Crippen LogP contribution in [-0.4, -0.2) is 48.5 Å². The summed E-state index contributed by atoms with van der Waals surface area (Å²) in [5.41, 5.74) is 1.61. The molecule has 1 aliphatic rings. The number of carbonyl (C=O) groups excluding carboxylic acids is 2. The van der Waals surface area contributed by atoms with Crippen molar-refractivity contribution in [1.82, 2.24) is 9.80 Å². The molecule has 0 unspecified atom stereocenters. The van der Waals surface area contributed by atoms with E-state index in [1.54, 1.807) is 48.7 Å². The summed E-state index contributed by atoms with van der Waals surface area (Å²) >= 11 is 1.69. The van der Waals surface area contributed by atoms with Crippen LogP contribution in [0.4, 0.5) is 10.5 Å². The average Bonchev–Trinajstić information content (AvgIpc) is 3.62. The molecular weight excluding hydrogens is 462 g/mol. The van der Waals surface area contributed by atoms with Gasteiger partial charge < -0.3 is 24.6 Å². The maximum absolute atomic E-state index is 13.5. The van der Waals surface area contributed by atoms with Crippen molar-refractivity contribution in [1.29, 1.82) is 0 Å². The third-order valence-corrected chi connectivity index (χ3v) is 6.85. The number of methoxy groups -OCH3 is 2. The Labute approximate surface area is 210 Å². The van der Waals surface area contributed by atoms with E-state index in [-0.39, 0.29) is 24.5 Å². The van der Waals surface area contributed by atoms with Crippen molar-refractivity contribution in [2.24, 2.45) is 0 Å². The van der Waals surface area contributed by atoms with Crippen molar-refractivity contribution in [3.8, 4) is 11.5 Å². The van der Waals surface area contributed by atoms with Crippen LogP contribution >= 0.6 is 11.3 Å². The van der Waals surface area contributed by atoms with E-state index >= 15 is 0 Å². The van der Waals surface area contributed by atoms with Crippen LogP contribution in [0.15, 0.2) is 60.7 Å². The Balaban J connectivity index is 1.49. The van der Waals surface area contributed by atoms with E-state index in [1.165, 1.54) is 4.88 Å². The molecule has 7 nitrogen and oxygen atoms in total.